The van der Waals surface area contributed by atoms with Gasteiger partial charge in [0.05, 0.1) is 18.3 Å². The first-order valence-electron chi connectivity index (χ1n) is 7.52. The Hall–Kier alpha value is -1.41. The monoisotopic (exact) mass is 335 g/mol. The first-order chi connectivity index (χ1) is 10.8. The normalized spacial score (nSPS) is 21.1. The van der Waals surface area contributed by atoms with Gasteiger partial charge in [-0.25, -0.2) is 4.68 Å². The maximum atomic E-state index is 12.3. The summed E-state index contributed by atoms with van der Waals surface area (Å²) in [6, 6.07) is 2.06. The van der Waals surface area contributed by atoms with Crippen LogP contribution < -0.4 is 10.5 Å². The summed E-state index contributed by atoms with van der Waals surface area (Å²) in [6.45, 7) is 1.62. The lowest BCUT2D eigenvalue weighted by Gasteiger charge is -2.24. The summed E-state index contributed by atoms with van der Waals surface area (Å²) in [6.07, 6.45) is 3.16. The second kappa shape index (κ2) is 6.00. The van der Waals surface area contributed by atoms with E-state index in [1.54, 1.807) is 27.6 Å². The Kier molecular flexibility index (Phi) is 3.87. The summed E-state index contributed by atoms with van der Waals surface area (Å²) < 4.78 is 1.65. The summed E-state index contributed by atoms with van der Waals surface area (Å²) >= 11 is 3.43. The molecule has 2 aromatic heterocycles. The van der Waals surface area contributed by atoms with Gasteiger partial charge in [0.15, 0.2) is 0 Å². The summed E-state index contributed by atoms with van der Waals surface area (Å²) in [4.78, 5) is 14.6. The molecular formula is C14H17N5OS2. The average Bonchev–Trinajstić information content (AvgIpc) is 3.18. The molecule has 0 aromatic carbocycles. The van der Waals surface area contributed by atoms with E-state index in [1.165, 1.54) is 0 Å². The van der Waals surface area contributed by atoms with Crippen molar-refractivity contribution in [2.75, 3.05) is 17.2 Å². The SMILES string of the molecule is O=c1cc2c(nn1CC1CCCN1c1nncs1)CCSC2. The van der Waals surface area contributed by atoms with Gasteiger partial charge in [0, 0.05) is 24.8 Å². The van der Waals surface area contributed by atoms with Crippen molar-refractivity contribution in [3.05, 3.63) is 33.2 Å². The van der Waals surface area contributed by atoms with Gasteiger partial charge in [-0.15, -0.1) is 10.2 Å². The smallest absolute Gasteiger partial charge is 0.267 e. The number of nitrogens with zero attached hydrogens (tertiary/aromatic N) is 5. The minimum Gasteiger partial charge on any atom is -0.342 e. The van der Waals surface area contributed by atoms with Gasteiger partial charge < -0.3 is 4.90 Å². The standard InChI is InChI=1S/C14H17N5OS2/c20-13-6-10-8-21-5-3-12(10)17-19(13)7-11-2-1-4-18(11)14-16-15-9-22-14/h6,9,11H,1-5,7-8H2. The first kappa shape index (κ1) is 14.2. The molecule has 1 fully saturated rings. The highest BCUT2D eigenvalue weighted by molar-refractivity contribution is 7.98. The highest BCUT2D eigenvalue weighted by atomic mass is 32.2. The zero-order valence-electron chi connectivity index (χ0n) is 12.1. The highest BCUT2D eigenvalue weighted by Gasteiger charge is 2.28. The Labute approximate surface area is 136 Å². The molecule has 2 aliphatic heterocycles. The van der Waals surface area contributed by atoms with Crippen LogP contribution in [-0.4, -0.2) is 38.3 Å². The van der Waals surface area contributed by atoms with Gasteiger partial charge in [-0.2, -0.15) is 16.9 Å². The van der Waals surface area contributed by atoms with E-state index in [-0.39, 0.29) is 11.6 Å². The van der Waals surface area contributed by atoms with Crippen molar-refractivity contribution in [1.82, 2.24) is 20.0 Å². The van der Waals surface area contributed by atoms with Crippen LogP contribution in [0.3, 0.4) is 0 Å². The van der Waals surface area contributed by atoms with Crippen LogP contribution in [0.1, 0.15) is 24.1 Å². The Morgan fingerprint density at radius 3 is 3.23 bits per heavy atom. The van der Waals surface area contributed by atoms with Crippen LogP contribution in [0.25, 0.3) is 0 Å². The molecule has 8 heteroatoms. The van der Waals surface area contributed by atoms with E-state index >= 15 is 0 Å². The van der Waals surface area contributed by atoms with Crippen molar-refractivity contribution in [3.63, 3.8) is 0 Å². The molecule has 2 aromatic rings. The molecule has 0 aliphatic carbocycles. The van der Waals surface area contributed by atoms with E-state index in [4.69, 9.17) is 0 Å². The predicted molar refractivity (Wildman–Crippen MR) is 88.6 cm³/mol. The van der Waals surface area contributed by atoms with Crippen LogP contribution in [0.4, 0.5) is 5.13 Å². The second-order valence-corrected chi connectivity index (χ2v) is 7.57. The van der Waals surface area contributed by atoms with E-state index in [0.717, 1.165) is 53.7 Å². The van der Waals surface area contributed by atoms with E-state index < -0.39 is 0 Å². The average molecular weight is 335 g/mol. The van der Waals surface area contributed by atoms with Crippen molar-refractivity contribution >= 4 is 28.2 Å². The molecule has 116 valence electrons. The van der Waals surface area contributed by atoms with Gasteiger partial charge in [0.2, 0.25) is 5.13 Å². The summed E-state index contributed by atoms with van der Waals surface area (Å²) in [5, 5.41) is 13.7. The molecule has 4 heterocycles. The highest BCUT2D eigenvalue weighted by Crippen LogP contribution is 2.27. The molecule has 1 atom stereocenters. The van der Waals surface area contributed by atoms with Crippen molar-refractivity contribution < 1.29 is 0 Å². The fraction of sp³-hybridized carbons (Fsp3) is 0.571. The Bertz CT molecular complexity index is 715. The Morgan fingerprint density at radius 1 is 1.41 bits per heavy atom. The molecular weight excluding hydrogens is 318 g/mol. The minimum atomic E-state index is 0.0189. The maximum Gasteiger partial charge on any atom is 0.267 e. The fourth-order valence-electron chi connectivity index (χ4n) is 3.15. The lowest BCUT2D eigenvalue weighted by atomic mass is 10.2. The second-order valence-electron chi connectivity index (χ2n) is 5.65. The van der Waals surface area contributed by atoms with E-state index in [0.29, 0.717) is 6.54 Å². The van der Waals surface area contributed by atoms with Crippen LogP contribution in [0.5, 0.6) is 0 Å². The maximum absolute atomic E-state index is 12.3. The molecule has 4 rings (SSSR count). The van der Waals surface area contributed by atoms with Crippen molar-refractivity contribution in [2.45, 2.75) is 37.6 Å². The van der Waals surface area contributed by atoms with E-state index in [9.17, 15) is 4.79 Å². The molecule has 0 radical (unpaired) electrons. The lowest BCUT2D eigenvalue weighted by Crippen LogP contribution is -2.37. The third kappa shape index (κ3) is 2.65. The van der Waals surface area contributed by atoms with Gasteiger partial charge in [-0.05, 0) is 24.2 Å². The van der Waals surface area contributed by atoms with Crippen LogP contribution in [-0.2, 0) is 18.7 Å². The fourth-order valence-corrected chi connectivity index (χ4v) is 4.76. The number of anilines is 1. The number of thioether (sulfide) groups is 1. The number of hydrogen-bond donors (Lipinski definition) is 0. The summed E-state index contributed by atoms with van der Waals surface area (Å²) in [7, 11) is 0. The van der Waals surface area contributed by atoms with Crippen molar-refractivity contribution in [1.29, 1.82) is 0 Å². The molecule has 0 spiro atoms. The molecule has 1 saturated heterocycles. The van der Waals surface area contributed by atoms with Crippen LogP contribution in [0, 0.1) is 0 Å². The van der Waals surface area contributed by atoms with Crippen LogP contribution in [0.15, 0.2) is 16.4 Å². The number of rotatable bonds is 3. The zero-order chi connectivity index (χ0) is 14.9. The summed E-state index contributed by atoms with van der Waals surface area (Å²) in [5.41, 5.74) is 3.99. The van der Waals surface area contributed by atoms with Gasteiger partial charge >= 0.3 is 0 Å². The zero-order valence-corrected chi connectivity index (χ0v) is 13.8. The molecule has 2 aliphatic rings. The van der Waals surface area contributed by atoms with Gasteiger partial charge in [0.1, 0.15) is 5.51 Å². The molecule has 6 nitrogen and oxygen atoms in total. The topological polar surface area (TPSA) is 63.9 Å². The van der Waals surface area contributed by atoms with Gasteiger partial charge in [0.25, 0.3) is 5.56 Å². The van der Waals surface area contributed by atoms with Crippen LogP contribution >= 0.6 is 23.1 Å². The number of hydrogen-bond acceptors (Lipinski definition) is 7. The van der Waals surface area contributed by atoms with E-state index in [1.807, 2.05) is 11.8 Å². The van der Waals surface area contributed by atoms with Crippen molar-refractivity contribution in [3.8, 4) is 0 Å². The number of fused-ring (bicyclic) bond motifs is 1. The number of aryl methyl sites for hydroxylation is 1. The number of aromatic nitrogens is 4. The minimum absolute atomic E-state index is 0.0189. The molecule has 0 N–H and O–H groups in total. The third-order valence-electron chi connectivity index (χ3n) is 4.26. The Balaban J connectivity index is 1.59. The van der Waals surface area contributed by atoms with Crippen molar-refractivity contribution in [2.24, 2.45) is 0 Å². The van der Waals surface area contributed by atoms with E-state index in [2.05, 4.69) is 20.2 Å². The quantitative estimate of drug-likeness (QED) is 0.848. The molecule has 0 saturated carbocycles. The molecule has 1 unspecified atom stereocenters. The summed E-state index contributed by atoms with van der Waals surface area (Å²) in [5.74, 6) is 2.01. The first-order valence-corrected chi connectivity index (χ1v) is 9.55. The predicted octanol–water partition coefficient (Wildman–Crippen LogP) is 1.55. The largest absolute Gasteiger partial charge is 0.342 e. The van der Waals surface area contributed by atoms with Gasteiger partial charge in [-0.3, -0.25) is 4.79 Å². The van der Waals surface area contributed by atoms with Crippen LogP contribution in [0.2, 0.25) is 0 Å². The molecule has 0 bridgehead atoms. The third-order valence-corrected chi connectivity index (χ3v) is 5.99. The molecule has 0 amide bonds. The van der Waals surface area contributed by atoms with Gasteiger partial charge in [-0.1, -0.05) is 11.3 Å². The molecule has 22 heavy (non-hydrogen) atoms. The lowest BCUT2D eigenvalue weighted by molar-refractivity contribution is 0.480. The Morgan fingerprint density at radius 2 is 2.36 bits per heavy atom.